The number of rotatable bonds is 3. The SMILES string of the molecule is Cc1cc(Cl)ccc1C(O)Cc1ccnc2ccccc12. The van der Waals surface area contributed by atoms with Crippen LogP contribution >= 0.6 is 11.6 Å². The zero-order chi connectivity index (χ0) is 14.8. The smallest absolute Gasteiger partial charge is 0.0833 e. The maximum absolute atomic E-state index is 10.5. The summed E-state index contributed by atoms with van der Waals surface area (Å²) in [4.78, 5) is 4.35. The highest BCUT2D eigenvalue weighted by atomic mass is 35.5. The van der Waals surface area contributed by atoms with Gasteiger partial charge in [0.25, 0.3) is 0 Å². The van der Waals surface area contributed by atoms with Gasteiger partial charge in [-0.3, -0.25) is 4.98 Å². The standard InChI is InChI=1S/C18H16ClNO/c1-12-10-14(19)6-7-15(12)18(21)11-13-8-9-20-17-5-3-2-4-16(13)17/h2-10,18,21H,11H2,1H3. The van der Waals surface area contributed by atoms with Crippen molar-refractivity contribution in [1.29, 1.82) is 0 Å². The molecule has 0 saturated carbocycles. The fourth-order valence-corrected chi connectivity index (χ4v) is 2.89. The first-order chi connectivity index (χ1) is 10.1. The predicted octanol–water partition coefficient (Wildman–Crippen LogP) is 4.47. The van der Waals surface area contributed by atoms with E-state index in [1.807, 2.05) is 55.5 Å². The molecule has 2 aromatic carbocycles. The van der Waals surface area contributed by atoms with Crippen LogP contribution in [-0.2, 0) is 6.42 Å². The fourth-order valence-electron chi connectivity index (χ4n) is 2.66. The molecular formula is C18H16ClNO. The molecule has 1 atom stereocenters. The highest BCUT2D eigenvalue weighted by Crippen LogP contribution is 2.26. The van der Waals surface area contributed by atoms with Gasteiger partial charge in [-0.1, -0.05) is 35.9 Å². The summed E-state index contributed by atoms with van der Waals surface area (Å²) < 4.78 is 0. The lowest BCUT2D eigenvalue weighted by Gasteiger charge is -2.15. The number of pyridine rings is 1. The molecule has 1 aromatic heterocycles. The normalized spacial score (nSPS) is 12.5. The third-order valence-electron chi connectivity index (χ3n) is 3.74. The van der Waals surface area contributed by atoms with Crippen LogP contribution in [0.25, 0.3) is 10.9 Å². The van der Waals surface area contributed by atoms with Crippen LogP contribution in [0.15, 0.2) is 54.7 Å². The Labute approximate surface area is 129 Å². The van der Waals surface area contributed by atoms with E-state index in [2.05, 4.69) is 4.98 Å². The molecule has 2 nitrogen and oxygen atoms in total. The molecule has 0 saturated heterocycles. The Hall–Kier alpha value is -1.90. The summed E-state index contributed by atoms with van der Waals surface area (Å²) in [6.07, 6.45) is 1.80. The number of benzene rings is 2. The first-order valence-corrected chi connectivity index (χ1v) is 7.29. The van der Waals surface area contributed by atoms with E-state index < -0.39 is 6.10 Å². The van der Waals surface area contributed by atoms with Gasteiger partial charge in [0.1, 0.15) is 0 Å². The van der Waals surface area contributed by atoms with Gasteiger partial charge in [0, 0.05) is 23.0 Å². The number of aromatic nitrogens is 1. The molecular weight excluding hydrogens is 282 g/mol. The summed E-state index contributed by atoms with van der Waals surface area (Å²) in [6.45, 7) is 1.97. The minimum Gasteiger partial charge on any atom is -0.388 e. The molecule has 0 aliphatic carbocycles. The third-order valence-corrected chi connectivity index (χ3v) is 3.98. The Morgan fingerprint density at radius 3 is 2.76 bits per heavy atom. The molecule has 3 aromatic rings. The Balaban J connectivity index is 1.94. The molecule has 21 heavy (non-hydrogen) atoms. The monoisotopic (exact) mass is 297 g/mol. The number of hydrogen-bond acceptors (Lipinski definition) is 2. The second-order valence-corrected chi connectivity index (χ2v) is 5.64. The lowest BCUT2D eigenvalue weighted by Crippen LogP contribution is -2.04. The molecule has 1 N–H and O–H groups in total. The molecule has 3 heteroatoms. The van der Waals surface area contributed by atoms with Crippen LogP contribution < -0.4 is 0 Å². The highest BCUT2D eigenvalue weighted by Gasteiger charge is 2.13. The van der Waals surface area contributed by atoms with Crippen LogP contribution in [0.1, 0.15) is 22.8 Å². The van der Waals surface area contributed by atoms with E-state index in [-0.39, 0.29) is 0 Å². The number of halogens is 1. The quantitative estimate of drug-likeness (QED) is 0.773. The van der Waals surface area contributed by atoms with Gasteiger partial charge in [-0.2, -0.15) is 0 Å². The highest BCUT2D eigenvalue weighted by molar-refractivity contribution is 6.30. The van der Waals surface area contributed by atoms with Gasteiger partial charge in [-0.15, -0.1) is 0 Å². The van der Waals surface area contributed by atoms with Crippen molar-refractivity contribution in [2.45, 2.75) is 19.4 Å². The fraction of sp³-hybridized carbons (Fsp3) is 0.167. The van der Waals surface area contributed by atoms with Crippen LogP contribution in [-0.4, -0.2) is 10.1 Å². The maximum Gasteiger partial charge on any atom is 0.0833 e. The van der Waals surface area contributed by atoms with Crippen LogP contribution in [0.5, 0.6) is 0 Å². The molecule has 0 radical (unpaired) electrons. The molecule has 0 aliphatic heterocycles. The van der Waals surface area contributed by atoms with E-state index in [0.717, 1.165) is 27.6 Å². The van der Waals surface area contributed by atoms with Gasteiger partial charge in [-0.05, 0) is 47.9 Å². The van der Waals surface area contributed by atoms with E-state index in [1.54, 1.807) is 6.20 Å². The summed E-state index contributed by atoms with van der Waals surface area (Å²) in [5, 5.41) is 12.3. The molecule has 1 heterocycles. The van der Waals surface area contributed by atoms with Crippen molar-refractivity contribution < 1.29 is 5.11 Å². The van der Waals surface area contributed by atoms with Gasteiger partial charge in [0.15, 0.2) is 0 Å². The number of aliphatic hydroxyl groups is 1. The number of aliphatic hydroxyl groups excluding tert-OH is 1. The van der Waals surface area contributed by atoms with E-state index >= 15 is 0 Å². The van der Waals surface area contributed by atoms with Crippen molar-refractivity contribution in [3.63, 3.8) is 0 Å². The topological polar surface area (TPSA) is 33.1 Å². The summed E-state index contributed by atoms with van der Waals surface area (Å²) >= 11 is 5.97. The first-order valence-electron chi connectivity index (χ1n) is 6.92. The van der Waals surface area contributed by atoms with Crippen molar-refractivity contribution in [2.75, 3.05) is 0 Å². The summed E-state index contributed by atoms with van der Waals surface area (Å²) in [5.41, 5.74) is 3.98. The summed E-state index contributed by atoms with van der Waals surface area (Å²) in [6, 6.07) is 15.6. The van der Waals surface area contributed by atoms with Crippen molar-refractivity contribution in [3.8, 4) is 0 Å². The Morgan fingerprint density at radius 2 is 1.95 bits per heavy atom. The minimum atomic E-state index is -0.548. The number of hydrogen-bond donors (Lipinski definition) is 1. The first kappa shape index (κ1) is 14.1. The third kappa shape index (κ3) is 2.92. The molecule has 106 valence electrons. The Bertz CT molecular complexity index is 780. The van der Waals surface area contributed by atoms with Gasteiger partial charge in [-0.25, -0.2) is 0 Å². The second kappa shape index (κ2) is 5.84. The van der Waals surface area contributed by atoms with Crippen LogP contribution in [0, 0.1) is 6.92 Å². The molecule has 3 rings (SSSR count). The predicted molar refractivity (Wildman–Crippen MR) is 86.6 cm³/mol. The van der Waals surface area contributed by atoms with Gasteiger partial charge >= 0.3 is 0 Å². The van der Waals surface area contributed by atoms with Crippen molar-refractivity contribution in [2.24, 2.45) is 0 Å². The summed E-state index contributed by atoms with van der Waals surface area (Å²) in [7, 11) is 0. The van der Waals surface area contributed by atoms with Crippen LogP contribution in [0.4, 0.5) is 0 Å². The van der Waals surface area contributed by atoms with Crippen molar-refractivity contribution in [3.05, 3.63) is 76.4 Å². The average molecular weight is 298 g/mol. The van der Waals surface area contributed by atoms with Gasteiger partial charge in [0.05, 0.1) is 11.6 Å². The molecule has 0 aliphatic rings. The molecule has 0 fully saturated rings. The molecule has 1 unspecified atom stereocenters. The van der Waals surface area contributed by atoms with E-state index in [1.165, 1.54) is 0 Å². The molecule has 0 bridgehead atoms. The Kier molecular flexibility index (Phi) is 3.91. The number of aryl methyl sites for hydroxylation is 1. The van der Waals surface area contributed by atoms with E-state index in [0.29, 0.717) is 11.4 Å². The summed E-state index contributed by atoms with van der Waals surface area (Å²) in [5.74, 6) is 0. The second-order valence-electron chi connectivity index (χ2n) is 5.21. The zero-order valence-electron chi connectivity index (χ0n) is 11.8. The maximum atomic E-state index is 10.5. The number of nitrogens with zero attached hydrogens (tertiary/aromatic N) is 1. The average Bonchev–Trinajstić information content (AvgIpc) is 2.47. The number of fused-ring (bicyclic) bond motifs is 1. The lowest BCUT2D eigenvalue weighted by molar-refractivity contribution is 0.178. The van der Waals surface area contributed by atoms with Crippen LogP contribution in [0.3, 0.4) is 0 Å². The number of para-hydroxylation sites is 1. The molecule has 0 spiro atoms. The van der Waals surface area contributed by atoms with E-state index in [9.17, 15) is 5.11 Å². The van der Waals surface area contributed by atoms with E-state index in [4.69, 9.17) is 11.6 Å². The van der Waals surface area contributed by atoms with Crippen molar-refractivity contribution >= 4 is 22.5 Å². The van der Waals surface area contributed by atoms with Crippen LogP contribution in [0.2, 0.25) is 5.02 Å². The minimum absolute atomic E-state index is 0.548. The van der Waals surface area contributed by atoms with Gasteiger partial charge in [0.2, 0.25) is 0 Å². The Morgan fingerprint density at radius 1 is 1.14 bits per heavy atom. The largest absolute Gasteiger partial charge is 0.388 e. The van der Waals surface area contributed by atoms with Crippen molar-refractivity contribution in [1.82, 2.24) is 4.98 Å². The zero-order valence-corrected chi connectivity index (χ0v) is 12.5. The molecule has 0 amide bonds. The van der Waals surface area contributed by atoms with Gasteiger partial charge < -0.3 is 5.11 Å². The lowest BCUT2D eigenvalue weighted by atomic mass is 9.96.